The Morgan fingerprint density at radius 1 is 1.04 bits per heavy atom. The number of rotatable bonds is 2. The molecule has 0 unspecified atom stereocenters. The maximum atomic E-state index is 11.9. The van der Waals surface area contributed by atoms with Crippen LogP contribution in [-0.2, 0) is 9.53 Å². The van der Waals surface area contributed by atoms with Crippen molar-refractivity contribution in [3.8, 4) is 11.3 Å². The van der Waals surface area contributed by atoms with Gasteiger partial charge in [0.2, 0.25) is 0 Å². The van der Waals surface area contributed by atoms with Crippen LogP contribution in [0.15, 0.2) is 69.9 Å². The summed E-state index contributed by atoms with van der Waals surface area (Å²) in [5, 5.41) is 0.618. The van der Waals surface area contributed by atoms with Gasteiger partial charge in [-0.15, -0.1) is 0 Å². The maximum Gasteiger partial charge on any atom is 0.302 e. The normalized spacial score (nSPS) is 9.83. The van der Waals surface area contributed by atoms with Crippen LogP contribution in [0.1, 0.15) is 13.8 Å². The molecule has 23 heavy (non-hydrogen) atoms. The number of fused-ring (bicyclic) bond motifs is 1. The molecule has 1 heterocycles. The Balaban J connectivity index is 0.000000277. The van der Waals surface area contributed by atoms with Gasteiger partial charge >= 0.3 is 5.97 Å². The van der Waals surface area contributed by atoms with Gasteiger partial charge in [-0.2, -0.15) is 0 Å². The van der Waals surface area contributed by atoms with Crippen LogP contribution in [0.25, 0.3) is 22.3 Å². The number of carbonyl (C=O) groups is 1. The number of hydrogen-bond donors (Lipinski definition) is 0. The first-order valence-electron chi connectivity index (χ1n) is 7.33. The minimum atomic E-state index is -0.211. The Kier molecular flexibility index (Phi) is 5.69. The Morgan fingerprint density at radius 3 is 2.30 bits per heavy atom. The summed E-state index contributed by atoms with van der Waals surface area (Å²) in [5.41, 5.74) is 1.53. The Morgan fingerprint density at radius 2 is 1.70 bits per heavy atom. The minimum Gasteiger partial charge on any atom is -0.466 e. The second-order valence-electron chi connectivity index (χ2n) is 4.76. The molecule has 0 aliphatic carbocycles. The van der Waals surface area contributed by atoms with Crippen LogP contribution < -0.4 is 5.43 Å². The monoisotopic (exact) mass is 310 g/mol. The van der Waals surface area contributed by atoms with Crippen molar-refractivity contribution in [3.05, 3.63) is 70.9 Å². The number of hydrogen-bond acceptors (Lipinski definition) is 4. The summed E-state index contributed by atoms with van der Waals surface area (Å²) >= 11 is 0. The van der Waals surface area contributed by atoms with Crippen molar-refractivity contribution >= 4 is 16.9 Å². The van der Waals surface area contributed by atoms with Gasteiger partial charge < -0.3 is 9.15 Å². The van der Waals surface area contributed by atoms with Crippen LogP contribution in [0, 0.1) is 0 Å². The van der Waals surface area contributed by atoms with Gasteiger partial charge in [-0.25, -0.2) is 0 Å². The zero-order valence-corrected chi connectivity index (χ0v) is 13.1. The number of para-hydroxylation sites is 1. The molecule has 0 aliphatic rings. The summed E-state index contributed by atoms with van der Waals surface area (Å²) in [5.74, 6) is 0.395. The van der Waals surface area contributed by atoms with Crippen LogP contribution in [0.5, 0.6) is 0 Å². The Labute approximate surface area is 134 Å². The molecule has 3 rings (SSSR count). The first kappa shape index (κ1) is 16.5. The van der Waals surface area contributed by atoms with E-state index in [0.717, 1.165) is 5.56 Å². The summed E-state index contributed by atoms with van der Waals surface area (Å²) in [7, 11) is 0. The van der Waals surface area contributed by atoms with Crippen LogP contribution >= 0.6 is 0 Å². The van der Waals surface area contributed by atoms with Crippen molar-refractivity contribution in [2.24, 2.45) is 0 Å². The molecule has 0 saturated heterocycles. The first-order valence-corrected chi connectivity index (χ1v) is 7.33. The fourth-order valence-corrected chi connectivity index (χ4v) is 2.05. The van der Waals surface area contributed by atoms with Crippen molar-refractivity contribution in [2.75, 3.05) is 6.61 Å². The lowest BCUT2D eigenvalue weighted by atomic mass is 10.1. The van der Waals surface area contributed by atoms with Crippen LogP contribution in [0.4, 0.5) is 0 Å². The smallest absolute Gasteiger partial charge is 0.302 e. The van der Waals surface area contributed by atoms with Crippen molar-refractivity contribution in [3.63, 3.8) is 0 Å². The molecule has 3 aromatic rings. The molecule has 0 saturated carbocycles. The molecule has 0 amide bonds. The van der Waals surface area contributed by atoms with E-state index < -0.39 is 0 Å². The largest absolute Gasteiger partial charge is 0.466 e. The van der Waals surface area contributed by atoms with E-state index in [1.54, 1.807) is 13.0 Å². The third kappa shape index (κ3) is 4.54. The van der Waals surface area contributed by atoms with Crippen LogP contribution in [0.3, 0.4) is 0 Å². The van der Waals surface area contributed by atoms with E-state index >= 15 is 0 Å². The fraction of sp³-hybridized carbons (Fsp3) is 0.158. The third-order valence-corrected chi connectivity index (χ3v) is 3.04. The molecule has 2 aromatic carbocycles. The topological polar surface area (TPSA) is 56.5 Å². The van der Waals surface area contributed by atoms with Gasteiger partial charge in [0.05, 0.1) is 12.0 Å². The lowest BCUT2D eigenvalue weighted by molar-refractivity contribution is -0.140. The van der Waals surface area contributed by atoms with E-state index in [2.05, 4.69) is 4.74 Å². The second kappa shape index (κ2) is 7.94. The summed E-state index contributed by atoms with van der Waals surface area (Å²) in [4.78, 5) is 21.7. The van der Waals surface area contributed by atoms with Gasteiger partial charge in [-0.1, -0.05) is 42.5 Å². The quantitative estimate of drug-likeness (QED) is 0.671. The Bertz CT molecular complexity index is 835. The van der Waals surface area contributed by atoms with E-state index in [1.807, 2.05) is 48.5 Å². The molecule has 0 spiro atoms. The number of ether oxygens (including phenoxy) is 1. The summed E-state index contributed by atoms with van der Waals surface area (Å²) in [6.07, 6.45) is 0. The maximum absolute atomic E-state index is 11.9. The second-order valence-corrected chi connectivity index (χ2v) is 4.76. The molecule has 0 N–H and O–H groups in total. The molecular formula is C19H18O4. The SMILES string of the molecule is CCOC(C)=O.O=c1cc(-c2ccccc2)oc2ccccc12. The van der Waals surface area contributed by atoms with E-state index in [1.165, 1.54) is 13.0 Å². The fourth-order valence-electron chi connectivity index (χ4n) is 2.05. The molecule has 0 bridgehead atoms. The van der Waals surface area contributed by atoms with Crippen molar-refractivity contribution in [2.45, 2.75) is 13.8 Å². The number of carbonyl (C=O) groups excluding carboxylic acids is 1. The van der Waals surface area contributed by atoms with Crippen molar-refractivity contribution < 1.29 is 13.9 Å². The van der Waals surface area contributed by atoms with E-state index in [0.29, 0.717) is 23.3 Å². The summed E-state index contributed by atoms with van der Waals surface area (Å²) in [6.45, 7) is 3.65. The lowest BCUT2D eigenvalue weighted by Crippen LogP contribution is -1.99. The van der Waals surface area contributed by atoms with Crippen molar-refractivity contribution in [1.82, 2.24) is 0 Å². The highest BCUT2D eigenvalue weighted by Gasteiger charge is 2.05. The molecule has 4 heteroatoms. The van der Waals surface area contributed by atoms with Crippen LogP contribution in [-0.4, -0.2) is 12.6 Å². The zero-order chi connectivity index (χ0) is 16.7. The molecule has 0 fully saturated rings. The standard InChI is InChI=1S/C15H10O2.C4H8O2/c16-13-10-15(11-6-2-1-3-7-11)17-14-9-5-4-8-12(13)14;1-3-6-4(2)5/h1-10H;3H2,1-2H3. The van der Waals surface area contributed by atoms with Gasteiger partial charge in [-0.05, 0) is 19.1 Å². The highest BCUT2D eigenvalue weighted by molar-refractivity contribution is 5.78. The highest BCUT2D eigenvalue weighted by Crippen LogP contribution is 2.21. The lowest BCUT2D eigenvalue weighted by Gasteiger charge is -2.02. The van der Waals surface area contributed by atoms with Gasteiger partial charge in [0.25, 0.3) is 0 Å². The molecular weight excluding hydrogens is 292 g/mol. The predicted molar refractivity (Wildman–Crippen MR) is 90.2 cm³/mol. The van der Waals surface area contributed by atoms with Gasteiger partial charge in [0.15, 0.2) is 5.43 Å². The third-order valence-electron chi connectivity index (χ3n) is 3.04. The minimum absolute atomic E-state index is 0.00861. The molecule has 0 aliphatic heterocycles. The number of esters is 1. The molecule has 118 valence electrons. The van der Waals surface area contributed by atoms with E-state index in [4.69, 9.17) is 4.42 Å². The summed E-state index contributed by atoms with van der Waals surface area (Å²) in [6, 6.07) is 18.4. The molecule has 1 aromatic heterocycles. The van der Waals surface area contributed by atoms with Crippen molar-refractivity contribution in [1.29, 1.82) is 0 Å². The zero-order valence-electron chi connectivity index (χ0n) is 13.1. The molecule has 0 radical (unpaired) electrons. The van der Waals surface area contributed by atoms with Gasteiger partial charge in [0.1, 0.15) is 11.3 Å². The molecule has 4 nitrogen and oxygen atoms in total. The predicted octanol–water partition coefficient (Wildman–Crippen LogP) is 4.03. The number of benzene rings is 2. The van der Waals surface area contributed by atoms with Crippen LogP contribution in [0.2, 0.25) is 0 Å². The Hall–Kier alpha value is -2.88. The van der Waals surface area contributed by atoms with E-state index in [9.17, 15) is 9.59 Å². The van der Waals surface area contributed by atoms with E-state index in [-0.39, 0.29) is 11.4 Å². The average Bonchev–Trinajstić information content (AvgIpc) is 2.56. The van der Waals surface area contributed by atoms with Gasteiger partial charge in [0, 0.05) is 18.6 Å². The molecule has 0 atom stereocenters. The van der Waals surface area contributed by atoms with Gasteiger partial charge in [-0.3, -0.25) is 9.59 Å². The summed E-state index contributed by atoms with van der Waals surface area (Å²) < 4.78 is 10.1. The average molecular weight is 310 g/mol. The highest BCUT2D eigenvalue weighted by atomic mass is 16.5. The first-order chi connectivity index (χ1) is 11.1.